The molecule has 3 N–H and O–H groups in total. The van der Waals surface area contributed by atoms with Gasteiger partial charge < -0.3 is 15.4 Å². The summed E-state index contributed by atoms with van der Waals surface area (Å²) in [4.78, 5) is 1.94. The van der Waals surface area contributed by atoms with E-state index in [1.54, 1.807) is 12.1 Å². The monoisotopic (exact) mass is 329 g/mol. The summed E-state index contributed by atoms with van der Waals surface area (Å²) < 4.78 is 19.9. The molecule has 104 valence electrons. The lowest BCUT2D eigenvalue weighted by molar-refractivity contribution is 0.0853. The molecule has 0 saturated carbocycles. The second-order valence-electron chi connectivity index (χ2n) is 4.63. The van der Waals surface area contributed by atoms with Crippen LogP contribution < -0.4 is 10.6 Å². The van der Waals surface area contributed by atoms with Gasteiger partial charge in [0, 0.05) is 31.9 Å². The van der Waals surface area contributed by atoms with Gasteiger partial charge in [-0.1, -0.05) is 0 Å². The summed E-state index contributed by atoms with van der Waals surface area (Å²) in [6.07, 6.45) is 1.78. The van der Waals surface area contributed by atoms with Crippen molar-refractivity contribution >= 4 is 27.5 Å². The molecule has 0 atom stereocenters. The third-order valence-corrected chi connectivity index (χ3v) is 4.25. The standard InChI is InChI=1S/C13H17BrFN3O/c1-18(8-4-6-19-7-5-8)10-3-2-9(13(16)17)11(14)12(10)15/h2-3,8H,4-7H2,1H3,(H3,16,17). The Bertz CT molecular complexity index is 489. The van der Waals surface area contributed by atoms with Gasteiger partial charge in [0.25, 0.3) is 0 Å². The van der Waals surface area contributed by atoms with Crippen molar-refractivity contribution in [2.75, 3.05) is 25.2 Å². The van der Waals surface area contributed by atoms with E-state index in [1.165, 1.54) is 0 Å². The molecule has 2 rings (SSSR count). The lowest BCUT2D eigenvalue weighted by Crippen LogP contribution is -2.37. The minimum atomic E-state index is -0.373. The number of anilines is 1. The van der Waals surface area contributed by atoms with Crippen LogP contribution in [0.2, 0.25) is 0 Å². The molecule has 19 heavy (non-hydrogen) atoms. The quantitative estimate of drug-likeness (QED) is 0.661. The van der Waals surface area contributed by atoms with Crippen molar-refractivity contribution in [1.29, 1.82) is 5.41 Å². The van der Waals surface area contributed by atoms with Gasteiger partial charge in [0.05, 0.1) is 10.2 Å². The van der Waals surface area contributed by atoms with Crippen LogP contribution in [0.25, 0.3) is 0 Å². The number of amidine groups is 1. The summed E-state index contributed by atoms with van der Waals surface area (Å²) in [5.74, 6) is -0.521. The molecule has 0 aliphatic carbocycles. The van der Waals surface area contributed by atoms with E-state index in [0.717, 1.165) is 12.8 Å². The van der Waals surface area contributed by atoms with E-state index < -0.39 is 0 Å². The summed E-state index contributed by atoms with van der Waals surface area (Å²) in [6, 6.07) is 3.62. The van der Waals surface area contributed by atoms with Crippen molar-refractivity contribution in [3.8, 4) is 0 Å². The summed E-state index contributed by atoms with van der Waals surface area (Å²) >= 11 is 3.18. The van der Waals surface area contributed by atoms with E-state index in [0.29, 0.717) is 24.5 Å². The van der Waals surface area contributed by atoms with Crippen LogP contribution in [0.5, 0.6) is 0 Å². The number of nitrogen functional groups attached to an aromatic ring is 1. The molecular weight excluding hydrogens is 313 g/mol. The lowest BCUT2D eigenvalue weighted by atomic mass is 10.1. The number of nitrogens with two attached hydrogens (primary N) is 1. The molecule has 0 radical (unpaired) electrons. The highest BCUT2D eigenvalue weighted by Gasteiger charge is 2.23. The molecule has 1 aromatic carbocycles. The Hall–Kier alpha value is -1.14. The first-order chi connectivity index (χ1) is 9.02. The Morgan fingerprint density at radius 2 is 2.11 bits per heavy atom. The molecule has 0 spiro atoms. The molecular formula is C13H17BrFN3O. The number of nitrogens with zero attached hydrogens (tertiary/aromatic N) is 1. The number of hydrogen-bond donors (Lipinski definition) is 2. The van der Waals surface area contributed by atoms with Gasteiger partial charge in [-0.3, -0.25) is 5.41 Å². The van der Waals surface area contributed by atoms with Gasteiger partial charge in [0.2, 0.25) is 0 Å². The molecule has 0 amide bonds. The Labute approximate surface area is 120 Å². The van der Waals surface area contributed by atoms with Gasteiger partial charge in [-0.05, 0) is 40.9 Å². The molecule has 1 fully saturated rings. The molecule has 1 saturated heterocycles. The van der Waals surface area contributed by atoms with Crippen LogP contribution in [0.4, 0.5) is 10.1 Å². The van der Waals surface area contributed by atoms with Crippen molar-refractivity contribution in [2.24, 2.45) is 5.73 Å². The minimum absolute atomic E-state index is 0.147. The van der Waals surface area contributed by atoms with E-state index >= 15 is 0 Å². The second-order valence-corrected chi connectivity index (χ2v) is 5.42. The molecule has 1 aliphatic heterocycles. The smallest absolute Gasteiger partial charge is 0.161 e. The van der Waals surface area contributed by atoms with Crippen LogP contribution in [0, 0.1) is 11.2 Å². The van der Waals surface area contributed by atoms with E-state index in [-0.39, 0.29) is 22.2 Å². The van der Waals surface area contributed by atoms with Gasteiger partial charge in [-0.15, -0.1) is 0 Å². The summed E-state index contributed by atoms with van der Waals surface area (Å²) in [5.41, 5.74) is 6.30. The summed E-state index contributed by atoms with van der Waals surface area (Å²) in [7, 11) is 1.88. The topological polar surface area (TPSA) is 62.3 Å². The second kappa shape index (κ2) is 5.88. The highest BCUT2D eigenvalue weighted by molar-refractivity contribution is 9.10. The predicted octanol–water partition coefficient (Wildman–Crippen LogP) is 2.49. The van der Waals surface area contributed by atoms with Crippen LogP contribution in [-0.2, 0) is 4.74 Å². The lowest BCUT2D eigenvalue weighted by Gasteiger charge is -2.33. The van der Waals surface area contributed by atoms with Crippen LogP contribution in [0.1, 0.15) is 18.4 Å². The fourth-order valence-corrected chi connectivity index (χ4v) is 2.84. The van der Waals surface area contributed by atoms with E-state index in [2.05, 4.69) is 15.9 Å². The molecule has 1 aliphatic rings. The number of rotatable bonds is 3. The fraction of sp³-hybridized carbons (Fsp3) is 0.462. The minimum Gasteiger partial charge on any atom is -0.384 e. The predicted molar refractivity (Wildman–Crippen MR) is 77.4 cm³/mol. The van der Waals surface area contributed by atoms with Gasteiger partial charge in [-0.25, -0.2) is 4.39 Å². The third-order valence-electron chi connectivity index (χ3n) is 3.47. The zero-order valence-corrected chi connectivity index (χ0v) is 12.3. The van der Waals surface area contributed by atoms with Crippen LogP contribution in [0.3, 0.4) is 0 Å². The number of benzene rings is 1. The maximum Gasteiger partial charge on any atom is 0.161 e. The Morgan fingerprint density at radius 3 is 2.68 bits per heavy atom. The van der Waals surface area contributed by atoms with Crippen molar-refractivity contribution in [1.82, 2.24) is 0 Å². The Balaban J connectivity index is 2.29. The summed E-state index contributed by atoms with van der Waals surface area (Å²) in [6.45, 7) is 1.42. The molecule has 1 aromatic rings. The van der Waals surface area contributed by atoms with Crippen LogP contribution in [0.15, 0.2) is 16.6 Å². The van der Waals surface area contributed by atoms with E-state index in [4.69, 9.17) is 15.9 Å². The largest absolute Gasteiger partial charge is 0.384 e. The molecule has 0 unspecified atom stereocenters. The normalized spacial score (nSPS) is 16.4. The van der Waals surface area contributed by atoms with Gasteiger partial charge in [0.1, 0.15) is 5.84 Å². The Kier molecular flexibility index (Phi) is 4.42. The number of hydrogen-bond acceptors (Lipinski definition) is 3. The first kappa shape index (κ1) is 14.3. The maximum atomic E-state index is 14.4. The highest BCUT2D eigenvalue weighted by Crippen LogP contribution is 2.31. The SMILES string of the molecule is CN(c1ccc(C(=N)N)c(Br)c1F)C1CCOCC1. The van der Waals surface area contributed by atoms with Gasteiger partial charge in [-0.2, -0.15) is 0 Å². The zero-order chi connectivity index (χ0) is 14.0. The van der Waals surface area contributed by atoms with Crippen LogP contribution >= 0.6 is 15.9 Å². The van der Waals surface area contributed by atoms with Crippen molar-refractivity contribution < 1.29 is 9.13 Å². The molecule has 6 heteroatoms. The van der Waals surface area contributed by atoms with Crippen molar-refractivity contribution in [3.05, 3.63) is 28.0 Å². The van der Waals surface area contributed by atoms with Crippen molar-refractivity contribution in [2.45, 2.75) is 18.9 Å². The molecule has 1 heterocycles. The van der Waals surface area contributed by atoms with Crippen LogP contribution in [-0.4, -0.2) is 32.1 Å². The maximum absolute atomic E-state index is 14.4. The number of ether oxygens (including phenoxy) is 1. The third kappa shape index (κ3) is 2.90. The average Bonchev–Trinajstić information content (AvgIpc) is 2.41. The molecule has 0 aromatic heterocycles. The van der Waals surface area contributed by atoms with Crippen molar-refractivity contribution in [3.63, 3.8) is 0 Å². The first-order valence-corrected chi connectivity index (χ1v) is 6.94. The van der Waals surface area contributed by atoms with Gasteiger partial charge >= 0.3 is 0 Å². The van der Waals surface area contributed by atoms with E-state index in [1.807, 2.05) is 11.9 Å². The summed E-state index contributed by atoms with van der Waals surface area (Å²) in [5, 5.41) is 7.40. The average molecular weight is 330 g/mol. The number of nitrogens with one attached hydrogen (secondary N) is 1. The fourth-order valence-electron chi connectivity index (χ4n) is 2.29. The van der Waals surface area contributed by atoms with E-state index in [9.17, 15) is 4.39 Å². The number of halogens is 2. The molecule has 4 nitrogen and oxygen atoms in total. The highest BCUT2D eigenvalue weighted by atomic mass is 79.9. The zero-order valence-electron chi connectivity index (χ0n) is 10.7. The Morgan fingerprint density at radius 1 is 1.47 bits per heavy atom. The first-order valence-electron chi connectivity index (χ1n) is 6.15. The molecule has 0 bridgehead atoms. The van der Waals surface area contributed by atoms with Gasteiger partial charge in [0.15, 0.2) is 5.82 Å².